The van der Waals surface area contributed by atoms with Crippen LogP contribution in [0.15, 0.2) is 35.3 Å². The van der Waals surface area contributed by atoms with Crippen LogP contribution >= 0.6 is 11.6 Å². The number of fused-ring (bicyclic) bond motifs is 1. The Labute approximate surface area is 118 Å². The van der Waals surface area contributed by atoms with E-state index in [0.29, 0.717) is 21.6 Å². The average Bonchev–Trinajstić information content (AvgIpc) is 2.79. The topological polar surface area (TPSA) is 100 Å². The van der Waals surface area contributed by atoms with Crippen molar-refractivity contribution in [2.45, 2.75) is 0 Å². The van der Waals surface area contributed by atoms with Crippen molar-refractivity contribution in [1.82, 2.24) is 14.8 Å². The van der Waals surface area contributed by atoms with Gasteiger partial charge in [-0.3, -0.25) is 4.79 Å². The third-order valence-electron chi connectivity index (χ3n) is 2.94. The molecule has 0 aliphatic carbocycles. The average molecular weight is 286 g/mol. The van der Waals surface area contributed by atoms with Gasteiger partial charge in [0.2, 0.25) is 0 Å². The van der Waals surface area contributed by atoms with Crippen molar-refractivity contribution in [3.05, 3.63) is 51.4 Å². The van der Waals surface area contributed by atoms with Gasteiger partial charge in [0.05, 0.1) is 17.4 Å². The Morgan fingerprint density at radius 3 is 2.90 bits per heavy atom. The van der Waals surface area contributed by atoms with Gasteiger partial charge in [0.15, 0.2) is 0 Å². The van der Waals surface area contributed by atoms with Gasteiger partial charge in [-0.15, -0.1) is 0 Å². The zero-order valence-electron chi connectivity index (χ0n) is 10.1. The Morgan fingerprint density at radius 2 is 2.20 bits per heavy atom. The number of hydrogen-bond acceptors (Lipinski definition) is 4. The normalized spacial score (nSPS) is 10.6. The van der Waals surface area contributed by atoms with E-state index in [1.165, 1.54) is 16.9 Å². The van der Waals surface area contributed by atoms with E-state index in [9.17, 15) is 4.79 Å². The van der Waals surface area contributed by atoms with Crippen molar-refractivity contribution in [3.8, 4) is 11.8 Å². The Balaban J connectivity index is 2.41. The standard InChI is InChI=1S/C13H8ClN5O/c14-8-1-2-10-9(3-8)11(4-12(20)18-10)19-13(16)7(5-15)6-17-19/h1-4,6H,16H2,(H,18,20). The molecule has 0 fully saturated rings. The zero-order chi connectivity index (χ0) is 14.3. The maximum Gasteiger partial charge on any atom is 0.250 e. The molecular weight excluding hydrogens is 278 g/mol. The van der Waals surface area contributed by atoms with Crippen LogP contribution in [0.2, 0.25) is 5.02 Å². The van der Waals surface area contributed by atoms with Crippen molar-refractivity contribution in [3.63, 3.8) is 0 Å². The number of hydrogen-bond donors (Lipinski definition) is 2. The first kappa shape index (κ1) is 12.3. The summed E-state index contributed by atoms with van der Waals surface area (Å²) in [7, 11) is 0. The zero-order valence-corrected chi connectivity index (χ0v) is 10.8. The molecular formula is C13H8ClN5O. The van der Waals surface area contributed by atoms with Gasteiger partial charge in [-0.2, -0.15) is 10.4 Å². The van der Waals surface area contributed by atoms with E-state index in [2.05, 4.69) is 10.1 Å². The maximum absolute atomic E-state index is 11.7. The molecule has 98 valence electrons. The quantitative estimate of drug-likeness (QED) is 0.712. The summed E-state index contributed by atoms with van der Waals surface area (Å²) in [6.07, 6.45) is 1.35. The minimum Gasteiger partial charge on any atom is -0.382 e. The summed E-state index contributed by atoms with van der Waals surface area (Å²) in [5, 5.41) is 14.2. The number of nitrogens with zero attached hydrogens (tertiary/aromatic N) is 3. The minimum atomic E-state index is -0.289. The van der Waals surface area contributed by atoms with Gasteiger partial charge < -0.3 is 10.7 Å². The molecule has 0 unspecified atom stereocenters. The molecule has 3 rings (SSSR count). The Kier molecular flexibility index (Phi) is 2.70. The highest BCUT2D eigenvalue weighted by atomic mass is 35.5. The molecule has 1 aromatic carbocycles. The summed E-state index contributed by atoms with van der Waals surface area (Å²) in [5.74, 6) is 0.180. The smallest absolute Gasteiger partial charge is 0.250 e. The molecule has 2 aromatic heterocycles. The van der Waals surface area contributed by atoms with E-state index in [-0.39, 0.29) is 16.9 Å². The molecule has 0 amide bonds. The molecule has 0 aliphatic rings. The third-order valence-corrected chi connectivity index (χ3v) is 3.17. The Bertz CT molecular complexity index is 919. The molecule has 0 radical (unpaired) electrons. The maximum atomic E-state index is 11.7. The van der Waals surface area contributed by atoms with E-state index in [1.54, 1.807) is 18.2 Å². The van der Waals surface area contributed by atoms with E-state index in [0.717, 1.165) is 0 Å². The lowest BCUT2D eigenvalue weighted by atomic mass is 10.2. The summed E-state index contributed by atoms with van der Waals surface area (Å²) in [6.45, 7) is 0. The fourth-order valence-corrected chi connectivity index (χ4v) is 2.19. The number of anilines is 1. The molecule has 3 aromatic rings. The number of nitriles is 1. The number of halogens is 1. The fourth-order valence-electron chi connectivity index (χ4n) is 2.02. The number of rotatable bonds is 1. The molecule has 20 heavy (non-hydrogen) atoms. The minimum absolute atomic E-state index is 0.180. The second kappa shape index (κ2) is 4.40. The van der Waals surface area contributed by atoms with Crippen molar-refractivity contribution in [2.75, 3.05) is 5.73 Å². The number of pyridine rings is 1. The Hall–Kier alpha value is -2.78. The molecule has 0 spiro atoms. The van der Waals surface area contributed by atoms with Gasteiger partial charge in [0, 0.05) is 16.5 Å². The van der Waals surface area contributed by atoms with Gasteiger partial charge in [0.25, 0.3) is 5.56 Å². The third kappa shape index (κ3) is 1.81. The summed E-state index contributed by atoms with van der Waals surface area (Å²) in [4.78, 5) is 14.4. The SMILES string of the molecule is N#Cc1cnn(-c2cc(=O)[nH]c3ccc(Cl)cc23)c1N. The number of H-pyrrole nitrogens is 1. The molecule has 0 aliphatic heterocycles. The second-order valence-electron chi connectivity index (χ2n) is 4.18. The van der Waals surface area contributed by atoms with Crippen molar-refractivity contribution >= 4 is 28.3 Å². The van der Waals surface area contributed by atoms with Crippen LogP contribution in [0.4, 0.5) is 5.82 Å². The highest BCUT2D eigenvalue weighted by molar-refractivity contribution is 6.31. The summed E-state index contributed by atoms with van der Waals surface area (Å²) in [5.41, 5.74) is 6.91. The van der Waals surface area contributed by atoms with Gasteiger partial charge >= 0.3 is 0 Å². The van der Waals surface area contributed by atoms with Crippen molar-refractivity contribution in [1.29, 1.82) is 5.26 Å². The predicted octanol–water partition coefficient (Wildman–Crippen LogP) is 1.82. The number of nitrogens with two attached hydrogens (primary N) is 1. The molecule has 3 N–H and O–H groups in total. The number of nitrogens with one attached hydrogen (secondary N) is 1. The highest BCUT2D eigenvalue weighted by Crippen LogP contribution is 2.25. The van der Waals surface area contributed by atoms with E-state index < -0.39 is 0 Å². The molecule has 0 bridgehead atoms. The monoisotopic (exact) mass is 285 g/mol. The fraction of sp³-hybridized carbons (Fsp3) is 0. The number of aromatic amines is 1. The molecule has 0 saturated carbocycles. The molecule has 0 saturated heterocycles. The van der Waals surface area contributed by atoms with Crippen molar-refractivity contribution in [2.24, 2.45) is 0 Å². The lowest BCUT2D eigenvalue weighted by Gasteiger charge is -2.08. The lowest BCUT2D eigenvalue weighted by molar-refractivity contribution is 0.895. The Morgan fingerprint density at radius 1 is 1.40 bits per heavy atom. The van der Waals surface area contributed by atoms with Crippen molar-refractivity contribution < 1.29 is 0 Å². The van der Waals surface area contributed by atoms with Crippen LogP contribution in [0.3, 0.4) is 0 Å². The first-order valence-corrected chi connectivity index (χ1v) is 6.04. The van der Waals surface area contributed by atoms with Crippen LogP contribution in [0.25, 0.3) is 16.6 Å². The van der Waals surface area contributed by atoms with E-state index in [1.807, 2.05) is 6.07 Å². The van der Waals surface area contributed by atoms with E-state index in [4.69, 9.17) is 22.6 Å². The second-order valence-corrected chi connectivity index (χ2v) is 4.61. The first-order valence-electron chi connectivity index (χ1n) is 5.66. The molecule has 0 atom stereocenters. The van der Waals surface area contributed by atoms with Gasteiger partial charge in [0.1, 0.15) is 17.5 Å². The van der Waals surface area contributed by atoms with E-state index >= 15 is 0 Å². The van der Waals surface area contributed by atoms with Gasteiger partial charge in [-0.25, -0.2) is 4.68 Å². The molecule has 7 heteroatoms. The van der Waals surface area contributed by atoms with Crippen LogP contribution in [0.5, 0.6) is 0 Å². The summed E-state index contributed by atoms with van der Waals surface area (Å²) < 4.78 is 1.35. The van der Waals surface area contributed by atoms with Crippen LogP contribution in [0.1, 0.15) is 5.56 Å². The van der Waals surface area contributed by atoms with Crippen LogP contribution < -0.4 is 11.3 Å². The lowest BCUT2D eigenvalue weighted by Crippen LogP contribution is -2.10. The first-order chi connectivity index (χ1) is 9.60. The highest BCUT2D eigenvalue weighted by Gasteiger charge is 2.12. The largest absolute Gasteiger partial charge is 0.382 e. The van der Waals surface area contributed by atoms with Gasteiger partial charge in [-0.1, -0.05) is 11.6 Å². The predicted molar refractivity (Wildman–Crippen MR) is 75.8 cm³/mol. The summed E-state index contributed by atoms with van der Waals surface area (Å²) >= 11 is 5.98. The molecule has 6 nitrogen and oxygen atoms in total. The number of nitrogen functional groups attached to an aromatic ring is 1. The van der Waals surface area contributed by atoms with Crippen LogP contribution in [-0.4, -0.2) is 14.8 Å². The number of benzene rings is 1. The van der Waals surface area contributed by atoms with Gasteiger partial charge in [-0.05, 0) is 18.2 Å². The summed E-state index contributed by atoms with van der Waals surface area (Å²) in [6, 6.07) is 8.39. The van der Waals surface area contributed by atoms with Crippen LogP contribution in [0, 0.1) is 11.3 Å². The molecule has 2 heterocycles. The van der Waals surface area contributed by atoms with Crippen LogP contribution in [-0.2, 0) is 0 Å². The number of aromatic nitrogens is 3.